The second kappa shape index (κ2) is 7.97. The fourth-order valence-electron chi connectivity index (χ4n) is 0.477. The maximum Gasteiger partial charge on any atom is 0.233 e. The van der Waals surface area contributed by atoms with Gasteiger partial charge in [-0.3, -0.25) is 10.1 Å². The summed E-state index contributed by atoms with van der Waals surface area (Å²) in [6, 6.07) is 0. The van der Waals surface area contributed by atoms with E-state index in [0.717, 1.165) is 6.20 Å². The molecule has 0 fully saturated rings. The van der Waals surface area contributed by atoms with Crippen molar-refractivity contribution < 1.29 is 14.0 Å². The van der Waals surface area contributed by atoms with Crippen molar-refractivity contribution in [2.24, 2.45) is 0 Å². The summed E-state index contributed by atoms with van der Waals surface area (Å²) in [4.78, 5) is 9.39. The van der Waals surface area contributed by atoms with Crippen LogP contribution in [0.15, 0.2) is 12.3 Å². The van der Waals surface area contributed by atoms with Gasteiger partial charge in [0.1, 0.15) is 6.10 Å². The quantitative estimate of drug-likeness (QED) is 0.391. The molecule has 12 heavy (non-hydrogen) atoms. The molecule has 0 aliphatic rings. The van der Waals surface area contributed by atoms with Gasteiger partial charge in [-0.05, 0) is 0 Å². The SMILES string of the molecule is O=[N+]([O-])C=CC(COP)OPP. The predicted molar refractivity (Wildman–Crippen MR) is 54.7 cm³/mol. The topological polar surface area (TPSA) is 61.6 Å². The van der Waals surface area contributed by atoms with E-state index in [1.54, 1.807) is 0 Å². The van der Waals surface area contributed by atoms with Crippen LogP contribution in [0, 0.1) is 10.1 Å². The summed E-state index contributed by atoms with van der Waals surface area (Å²) in [5.41, 5.74) is 0. The van der Waals surface area contributed by atoms with E-state index in [9.17, 15) is 10.1 Å². The zero-order valence-electron chi connectivity index (χ0n) is 6.17. The molecule has 0 aliphatic heterocycles. The van der Waals surface area contributed by atoms with Crippen LogP contribution in [-0.2, 0) is 9.05 Å². The van der Waals surface area contributed by atoms with Crippen molar-refractivity contribution in [3.05, 3.63) is 22.4 Å². The van der Waals surface area contributed by atoms with Crippen molar-refractivity contribution in [1.29, 1.82) is 0 Å². The molecule has 0 aromatic carbocycles. The van der Waals surface area contributed by atoms with Crippen LogP contribution in [-0.4, -0.2) is 17.6 Å². The van der Waals surface area contributed by atoms with Crippen LogP contribution in [0.3, 0.4) is 0 Å². The van der Waals surface area contributed by atoms with Gasteiger partial charge >= 0.3 is 0 Å². The van der Waals surface area contributed by atoms with E-state index in [1.807, 2.05) is 0 Å². The summed E-state index contributed by atoms with van der Waals surface area (Å²) in [7, 11) is 4.65. The van der Waals surface area contributed by atoms with E-state index < -0.39 is 4.92 Å². The Balaban J connectivity index is 3.84. The van der Waals surface area contributed by atoms with Crippen molar-refractivity contribution in [1.82, 2.24) is 0 Å². The number of hydrogen-bond acceptors (Lipinski definition) is 4. The molecule has 0 aliphatic carbocycles. The molecule has 0 bridgehead atoms. The first-order chi connectivity index (χ1) is 5.70. The molecule has 0 saturated heterocycles. The smallest absolute Gasteiger partial charge is 0.233 e. The lowest BCUT2D eigenvalue weighted by Gasteiger charge is -2.08. The van der Waals surface area contributed by atoms with Crippen LogP contribution in [0.1, 0.15) is 0 Å². The largest absolute Gasteiger partial charge is 0.363 e. The molecule has 0 aromatic heterocycles. The van der Waals surface area contributed by atoms with E-state index >= 15 is 0 Å². The zero-order chi connectivity index (χ0) is 9.40. The van der Waals surface area contributed by atoms with Crippen LogP contribution < -0.4 is 0 Å². The Labute approximate surface area is 76.7 Å². The lowest BCUT2D eigenvalue weighted by Crippen LogP contribution is -2.10. The molecule has 0 saturated carbocycles. The Morgan fingerprint density at radius 3 is 2.83 bits per heavy atom. The Hall–Kier alpha value is 0.350. The average Bonchev–Trinajstić information content (AvgIpc) is 2.01. The monoisotopic (exact) mass is 229 g/mol. The van der Waals surface area contributed by atoms with E-state index in [0.29, 0.717) is 0 Å². The van der Waals surface area contributed by atoms with Crippen LogP contribution in [0.25, 0.3) is 0 Å². The molecule has 0 spiro atoms. The van der Waals surface area contributed by atoms with Crippen molar-refractivity contribution in [3.8, 4) is 0 Å². The Morgan fingerprint density at radius 1 is 1.75 bits per heavy atom. The minimum atomic E-state index is -0.537. The molecule has 8 heteroatoms. The molecular formula is C4H10NO4P3. The summed E-state index contributed by atoms with van der Waals surface area (Å²) in [6.07, 6.45) is 1.84. The van der Waals surface area contributed by atoms with Gasteiger partial charge in [0.15, 0.2) is 0 Å². The van der Waals surface area contributed by atoms with Crippen LogP contribution in [0.5, 0.6) is 0 Å². The first kappa shape index (κ1) is 12.3. The number of nitro groups is 1. The van der Waals surface area contributed by atoms with Crippen LogP contribution in [0.2, 0.25) is 0 Å². The summed E-state index contributed by atoms with van der Waals surface area (Å²) in [5, 5.41) is 9.93. The summed E-state index contributed by atoms with van der Waals surface area (Å²) >= 11 is 0. The number of rotatable bonds is 6. The molecule has 0 N–H and O–H groups in total. The molecule has 4 unspecified atom stereocenters. The van der Waals surface area contributed by atoms with E-state index in [-0.39, 0.29) is 21.2 Å². The molecule has 0 rings (SSSR count). The van der Waals surface area contributed by atoms with E-state index in [2.05, 4.69) is 18.4 Å². The molecule has 0 heterocycles. The zero-order valence-corrected chi connectivity index (χ0v) is 9.48. The van der Waals surface area contributed by atoms with Crippen molar-refractivity contribution in [2.75, 3.05) is 6.61 Å². The summed E-state index contributed by atoms with van der Waals surface area (Å²) < 4.78 is 9.80. The first-order valence-electron chi connectivity index (χ1n) is 2.95. The normalized spacial score (nSPS) is 14.5. The van der Waals surface area contributed by atoms with Gasteiger partial charge in [-0.1, -0.05) is 8.93 Å². The van der Waals surface area contributed by atoms with Crippen molar-refractivity contribution >= 4 is 26.9 Å². The van der Waals surface area contributed by atoms with E-state index in [4.69, 9.17) is 9.05 Å². The highest BCUT2D eigenvalue weighted by Gasteiger charge is 2.04. The molecule has 0 aromatic rings. The van der Waals surface area contributed by atoms with Crippen molar-refractivity contribution in [3.63, 3.8) is 0 Å². The van der Waals surface area contributed by atoms with E-state index in [1.165, 1.54) is 6.08 Å². The average molecular weight is 229 g/mol. The molecule has 0 radical (unpaired) electrons. The molecule has 5 nitrogen and oxygen atoms in total. The second-order valence-electron chi connectivity index (χ2n) is 1.73. The fraction of sp³-hybridized carbons (Fsp3) is 0.500. The highest BCUT2D eigenvalue weighted by Crippen LogP contribution is 2.24. The highest BCUT2D eigenvalue weighted by atomic mass is 32.0. The number of nitrogens with zero attached hydrogens (tertiary/aromatic N) is 1. The molecule has 70 valence electrons. The maximum absolute atomic E-state index is 9.93. The molecule has 0 amide bonds. The minimum Gasteiger partial charge on any atom is -0.363 e. The van der Waals surface area contributed by atoms with Gasteiger partial charge in [0.2, 0.25) is 6.20 Å². The maximum atomic E-state index is 9.93. The van der Waals surface area contributed by atoms with Gasteiger partial charge in [0, 0.05) is 24.0 Å². The van der Waals surface area contributed by atoms with Crippen molar-refractivity contribution in [2.45, 2.75) is 6.10 Å². The lowest BCUT2D eigenvalue weighted by atomic mass is 10.4. The second-order valence-corrected chi connectivity index (χ2v) is 3.25. The van der Waals surface area contributed by atoms with Gasteiger partial charge in [0.25, 0.3) is 0 Å². The lowest BCUT2D eigenvalue weighted by molar-refractivity contribution is -0.402. The Bertz CT molecular complexity index is 158. The third-order valence-corrected chi connectivity index (χ3v) is 1.94. The van der Waals surface area contributed by atoms with Crippen LogP contribution >= 0.6 is 26.9 Å². The Morgan fingerprint density at radius 2 is 2.42 bits per heavy atom. The molecular weight excluding hydrogens is 219 g/mol. The summed E-state index contributed by atoms with van der Waals surface area (Å²) in [5.74, 6) is 0. The predicted octanol–water partition coefficient (Wildman–Crippen LogP) is 1.35. The standard InChI is InChI=1S/C4H10NO4P3/c6-5(7)2-1-4(3-8-10)9-12-11/h1-2,4,12H,3,10-11H2. The first-order valence-corrected chi connectivity index (χ1v) is 6.14. The third-order valence-electron chi connectivity index (χ3n) is 0.902. The molecule has 4 atom stereocenters. The van der Waals surface area contributed by atoms with Crippen LogP contribution in [0.4, 0.5) is 0 Å². The fourth-order valence-corrected chi connectivity index (χ4v) is 1.51. The number of hydrogen-bond donors (Lipinski definition) is 0. The highest BCUT2D eigenvalue weighted by molar-refractivity contribution is 8.00. The van der Waals surface area contributed by atoms with Gasteiger partial charge in [0.05, 0.1) is 11.5 Å². The van der Waals surface area contributed by atoms with Gasteiger partial charge in [-0.2, -0.15) is 0 Å². The Kier molecular flexibility index (Phi) is 8.20. The van der Waals surface area contributed by atoms with Gasteiger partial charge in [-0.15, -0.1) is 0 Å². The van der Waals surface area contributed by atoms with Gasteiger partial charge < -0.3 is 9.05 Å². The minimum absolute atomic E-state index is 0.205. The summed E-state index contributed by atoms with van der Waals surface area (Å²) in [6.45, 7) is 0.288. The third kappa shape index (κ3) is 7.02. The van der Waals surface area contributed by atoms with Gasteiger partial charge in [-0.25, -0.2) is 0 Å².